The molecule has 3 rings (SSSR count). The van der Waals surface area contributed by atoms with Crippen molar-refractivity contribution in [1.82, 2.24) is 4.98 Å². The first-order valence-electron chi connectivity index (χ1n) is 6.73. The van der Waals surface area contributed by atoms with Crippen LogP contribution in [0.25, 0.3) is 10.9 Å². The van der Waals surface area contributed by atoms with Crippen LogP contribution in [0.2, 0.25) is 0 Å². The van der Waals surface area contributed by atoms with Crippen LogP contribution >= 0.6 is 0 Å². The third-order valence-electron chi connectivity index (χ3n) is 3.50. The Hall–Kier alpha value is -1.81. The normalized spacial score (nSPS) is 16.6. The fourth-order valence-corrected chi connectivity index (χ4v) is 2.60. The Balaban J connectivity index is 2.12. The molecule has 19 heavy (non-hydrogen) atoms. The van der Waals surface area contributed by atoms with Crippen molar-refractivity contribution in [3.8, 4) is 0 Å². The molecule has 0 spiro atoms. The largest absolute Gasteiger partial charge is 0.399 e. The summed E-state index contributed by atoms with van der Waals surface area (Å²) in [6.07, 6.45) is 1.06. The highest BCUT2D eigenvalue weighted by Crippen LogP contribution is 2.29. The zero-order valence-electron chi connectivity index (χ0n) is 11.2. The molecule has 2 heterocycles. The van der Waals surface area contributed by atoms with Crippen LogP contribution in [0.1, 0.15) is 12.1 Å². The van der Waals surface area contributed by atoms with E-state index in [0.29, 0.717) is 0 Å². The lowest BCUT2D eigenvalue weighted by atomic mass is 10.1. The summed E-state index contributed by atoms with van der Waals surface area (Å²) in [5, 5.41) is 1.13. The Morgan fingerprint density at radius 3 is 3.00 bits per heavy atom. The Morgan fingerprint density at radius 1 is 1.21 bits per heavy atom. The molecular weight excluding hydrogens is 238 g/mol. The summed E-state index contributed by atoms with van der Waals surface area (Å²) in [5.74, 6) is 0. The van der Waals surface area contributed by atoms with Crippen molar-refractivity contribution in [3.63, 3.8) is 0 Å². The zero-order chi connectivity index (χ0) is 13.2. The molecule has 1 aromatic heterocycles. The predicted molar refractivity (Wildman–Crippen MR) is 78.5 cm³/mol. The first kappa shape index (κ1) is 12.2. The standard InChI is InChI=1S/C15H19N3O/c1-11-9-15(18-5-2-7-19-8-6-18)13-10-12(16)3-4-14(13)17-11/h3-4,9-10H,2,5-8,16H2,1H3. The topological polar surface area (TPSA) is 51.4 Å². The van der Waals surface area contributed by atoms with Gasteiger partial charge in [0, 0.05) is 42.2 Å². The van der Waals surface area contributed by atoms with E-state index in [4.69, 9.17) is 10.5 Å². The quantitative estimate of drug-likeness (QED) is 0.797. The minimum absolute atomic E-state index is 0.783. The minimum Gasteiger partial charge on any atom is -0.399 e. The van der Waals surface area contributed by atoms with Gasteiger partial charge in [-0.3, -0.25) is 4.98 Å². The van der Waals surface area contributed by atoms with Crippen LogP contribution in [-0.4, -0.2) is 31.3 Å². The molecule has 1 aliphatic rings. The molecule has 4 heteroatoms. The number of nitrogen functional groups attached to an aromatic ring is 1. The maximum Gasteiger partial charge on any atom is 0.0727 e. The van der Waals surface area contributed by atoms with Gasteiger partial charge in [-0.2, -0.15) is 0 Å². The van der Waals surface area contributed by atoms with Crippen molar-refractivity contribution >= 4 is 22.3 Å². The van der Waals surface area contributed by atoms with Crippen molar-refractivity contribution in [2.45, 2.75) is 13.3 Å². The van der Waals surface area contributed by atoms with Gasteiger partial charge in [-0.1, -0.05) is 0 Å². The Bertz CT molecular complexity index is 589. The maximum atomic E-state index is 5.92. The lowest BCUT2D eigenvalue weighted by Gasteiger charge is -2.24. The number of rotatable bonds is 1. The smallest absolute Gasteiger partial charge is 0.0727 e. The van der Waals surface area contributed by atoms with Gasteiger partial charge in [-0.05, 0) is 37.6 Å². The summed E-state index contributed by atoms with van der Waals surface area (Å²) < 4.78 is 5.53. The summed E-state index contributed by atoms with van der Waals surface area (Å²) in [6.45, 7) is 5.61. The van der Waals surface area contributed by atoms with Crippen LogP contribution in [0.4, 0.5) is 11.4 Å². The van der Waals surface area contributed by atoms with Crippen LogP contribution < -0.4 is 10.6 Å². The Kier molecular flexibility index (Phi) is 3.25. The van der Waals surface area contributed by atoms with E-state index in [1.54, 1.807) is 0 Å². The van der Waals surface area contributed by atoms with Gasteiger partial charge in [0.15, 0.2) is 0 Å². The molecule has 1 fully saturated rings. The highest BCUT2D eigenvalue weighted by molar-refractivity contribution is 5.94. The fourth-order valence-electron chi connectivity index (χ4n) is 2.60. The number of pyridine rings is 1. The van der Waals surface area contributed by atoms with E-state index in [-0.39, 0.29) is 0 Å². The summed E-state index contributed by atoms with van der Waals surface area (Å²) in [7, 11) is 0. The highest BCUT2D eigenvalue weighted by Gasteiger charge is 2.14. The molecule has 1 aliphatic heterocycles. The minimum atomic E-state index is 0.783. The lowest BCUT2D eigenvalue weighted by molar-refractivity contribution is 0.152. The van der Waals surface area contributed by atoms with E-state index in [1.807, 2.05) is 25.1 Å². The predicted octanol–water partition coefficient (Wildman–Crippen LogP) is 2.35. The van der Waals surface area contributed by atoms with E-state index in [9.17, 15) is 0 Å². The van der Waals surface area contributed by atoms with E-state index >= 15 is 0 Å². The van der Waals surface area contributed by atoms with E-state index in [1.165, 1.54) is 5.69 Å². The second-order valence-corrected chi connectivity index (χ2v) is 5.01. The molecule has 0 aliphatic carbocycles. The van der Waals surface area contributed by atoms with Crippen LogP contribution in [0.5, 0.6) is 0 Å². The second kappa shape index (κ2) is 5.05. The van der Waals surface area contributed by atoms with Gasteiger partial charge in [0.1, 0.15) is 0 Å². The third kappa shape index (κ3) is 2.49. The molecular formula is C15H19N3O. The van der Waals surface area contributed by atoms with Crippen LogP contribution in [0.15, 0.2) is 24.3 Å². The molecule has 1 aromatic carbocycles. The van der Waals surface area contributed by atoms with Gasteiger partial charge in [-0.25, -0.2) is 0 Å². The average Bonchev–Trinajstić information content (AvgIpc) is 2.67. The fraction of sp³-hybridized carbons (Fsp3) is 0.400. The van der Waals surface area contributed by atoms with Gasteiger partial charge in [0.2, 0.25) is 0 Å². The van der Waals surface area contributed by atoms with Crippen molar-refractivity contribution < 1.29 is 4.74 Å². The molecule has 100 valence electrons. The molecule has 0 amide bonds. The van der Waals surface area contributed by atoms with Gasteiger partial charge in [0.05, 0.1) is 12.1 Å². The first-order valence-corrected chi connectivity index (χ1v) is 6.73. The van der Waals surface area contributed by atoms with Gasteiger partial charge in [-0.15, -0.1) is 0 Å². The molecule has 4 nitrogen and oxygen atoms in total. The number of nitrogens with zero attached hydrogens (tertiary/aromatic N) is 2. The number of aryl methyl sites for hydroxylation is 1. The molecule has 2 aromatic rings. The number of nitrogens with two attached hydrogens (primary N) is 1. The monoisotopic (exact) mass is 257 g/mol. The van der Waals surface area contributed by atoms with Crippen molar-refractivity contribution in [2.24, 2.45) is 0 Å². The maximum absolute atomic E-state index is 5.92. The highest BCUT2D eigenvalue weighted by atomic mass is 16.5. The van der Waals surface area contributed by atoms with Gasteiger partial charge < -0.3 is 15.4 Å². The molecule has 0 unspecified atom stereocenters. The van der Waals surface area contributed by atoms with Crippen molar-refractivity contribution in [2.75, 3.05) is 36.9 Å². The van der Waals surface area contributed by atoms with E-state index in [2.05, 4.69) is 16.0 Å². The Labute approximate surface area is 113 Å². The number of hydrogen-bond acceptors (Lipinski definition) is 4. The van der Waals surface area contributed by atoms with Gasteiger partial charge in [0.25, 0.3) is 0 Å². The lowest BCUT2D eigenvalue weighted by Crippen LogP contribution is -2.26. The van der Waals surface area contributed by atoms with Crippen molar-refractivity contribution in [3.05, 3.63) is 30.0 Å². The summed E-state index contributed by atoms with van der Waals surface area (Å²) >= 11 is 0. The Morgan fingerprint density at radius 2 is 2.11 bits per heavy atom. The summed E-state index contributed by atoms with van der Waals surface area (Å²) in [4.78, 5) is 6.96. The van der Waals surface area contributed by atoms with Gasteiger partial charge >= 0.3 is 0 Å². The van der Waals surface area contributed by atoms with E-state index in [0.717, 1.165) is 55.0 Å². The molecule has 0 bridgehead atoms. The summed E-state index contributed by atoms with van der Waals surface area (Å²) in [6, 6.07) is 8.07. The molecule has 0 saturated carbocycles. The molecule has 2 N–H and O–H groups in total. The number of fused-ring (bicyclic) bond motifs is 1. The summed E-state index contributed by atoms with van der Waals surface area (Å²) in [5.41, 5.74) is 9.97. The van der Waals surface area contributed by atoms with Crippen LogP contribution in [-0.2, 0) is 4.74 Å². The van der Waals surface area contributed by atoms with Crippen molar-refractivity contribution in [1.29, 1.82) is 0 Å². The molecule has 0 radical (unpaired) electrons. The molecule has 1 saturated heterocycles. The second-order valence-electron chi connectivity index (χ2n) is 5.01. The molecule has 0 atom stereocenters. The number of anilines is 2. The third-order valence-corrected chi connectivity index (χ3v) is 3.50. The van der Waals surface area contributed by atoms with Crippen LogP contribution in [0, 0.1) is 6.92 Å². The van der Waals surface area contributed by atoms with E-state index < -0.39 is 0 Å². The SMILES string of the molecule is Cc1cc(N2CCCOCC2)c2cc(N)ccc2n1. The first-order chi connectivity index (χ1) is 9.24. The zero-order valence-corrected chi connectivity index (χ0v) is 11.2. The average molecular weight is 257 g/mol. The number of hydrogen-bond donors (Lipinski definition) is 1. The number of benzene rings is 1. The number of ether oxygens (including phenoxy) is 1. The number of aromatic nitrogens is 1. The van der Waals surface area contributed by atoms with Crippen LogP contribution in [0.3, 0.4) is 0 Å².